The van der Waals surface area contributed by atoms with E-state index >= 15 is 0 Å². The fourth-order valence-electron chi connectivity index (χ4n) is 2.34. The van der Waals surface area contributed by atoms with Crippen LogP contribution in [0.15, 0.2) is 18.2 Å². The number of hydrogen-bond acceptors (Lipinski definition) is 2. The Morgan fingerprint density at radius 3 is 2.29 bits per heavy atom. The van der Waals surface area contributed by atoms with Gasteiger partial charge >= 0.3 is 0 Å². The molecule has 3 nitrogen and oxygen atoms in total. The monoisotopic (exact) mass is 290 g/mol. The minimum absolute atomic E-state index is 0.0897. The molecule has 0 amide bonds. The fraction of sp³-hybridized carbons (Fsp3) is 0.611. The van der Waals surface area contributed by atoms with Gasteiger partial charge in [0.2, 0.25) is 0 Å². The highest BCUT2D eigenvalue weighted by Crippen LogP contribution is 2.20. The Hall–Kier alpha value is -1.51. The summed E-state index contributed by atoms with van der Waals surface area (Å²) in [7, 11) is 0. The summed E-state index contributed by atoms with van der Waals surface area (Å²) in [6.45, 7) is 5.02. The molecule has 0 unspecified atom stereocenters. The number of hydrogen-bond donors (Lipinski definition) is 2. The molecule has 0 heterocycles. The van der Waals surface area contributed by atoms with Crippen molar-refractivity contribution in [3.63, 3.8) is 0 Å². The largest absolute Gasteiger partial charge is 0.493 e. The Morgan fingerprint density at radius 2 is 1.67 bits per heavy atom. The van der Waals surface area contributed by atoms with Crippen LogP contribution in [0.3, 0.4) is 0 Å². The molecule has 3 heteroatoms. The first kappa shape index (κ1) is 17.5. The number of ether oxygens (including phenoxy) is 1. The summed E-state index contributed by atoms with van der Waals surface area (Å²) in [5.41, 5.74) is 7.33. The molecule has 0 saturated carbocycles. The molecule has 0 aromatic heterocycles. The summed E-state index contributed by atoms with van der Waals surface area (Å²) in [5, 5.41) is 7.46. The first-order chi connectivity index (χ1) is 10.1. The predicted molar refractivity (Wildman–Crippen MR) is 90.3 cm³/mol. The van der Waals surface area contributed by atoms with E-state index in [4.69, 9.17) is 15.9 Å². The van der Waals surface area contributed by atoms with Crippen molar-refractivity contribution in [2.24, 2.45) is 5.73 Å². The molecule has 0 spiro atoms. The molecule has 0 aliphatic heterocycles. The highest BCUT2D eigenvalue weighted by atomic mass is 16.5. The quantitative estimate of drug-likeness (QED) is 0.349. The summed E-state index contributed by atoms with van der Waals surface area (Å²) in [5.74, 6) is 0.942. The van der Waals surface area contributed by atoms with Crippen LogP contribution in [0.4, 0.5) is 0 Å². The van der Waals surface area contributed by atoms with Gasteiger partial charge in [0.25, 0.3) is 0 Å². The molecule has 0 atom stereocenters. The third-order valence-electron chi connectivity index (χ3n) is 3.75. The van der Waals surface area contributed by atoms with Gasteiger partial charge in [-0.15, -0.1) is 0 Å². The van der Waals surface area contributed by atoms with Gasteiger partial charge < -0.3 is 10.5 Å². The van der Waals surface area contributed by atoms with Gasteiger partial charge in [-0.05, 0) is 25.0 Å². The van der Waals surface area contributed by atoms with Gasteiger partial charge in [0.05, 0.1) is 6.61 Å². The van der Waals surface area contributed by atoms with E-state index in [0.717, 1.165) is 29.9 Å². The number of rotatable bonds is 11. The molecule has 1 aromatic carbocycles. The molecule has 0 bridgehead atoms. The Morgan fingerprint density at radius 1 is 1.05 bits per heavy atom. The van der Waals surface area contributed by atoms with Gasteiger partial charge in [-0.1, -0.05) is 64.0 Å². The van der Waals surface area contributed by atoms with Gasteiger partial charge in [-0.25, -0.2) is 0 Å². The summed E-state index contributed by atoms with van der Waals surface area (Å²) in [6, 6.07) is 5.68. The lowest BCUT2D eigenvalue weighted by Gasteiger charge is -2.10. The average molecular weight is 290 g/mol. The molecule has 0 fully saturated rings. The van der Waals surface area contributed by atoms with E-state index in [1.807, 2.05) is 25.1 Å². The van der Waals surface area contributed by atoms with Crippen molar-refractivity contribution >= 4 is 5.84 Å². The highest BCUT2D eigenvalue weighted by Gasteiger charge is 2.03. The average Bonchev–Trinajstić information content (AvgIpc) is 2.47. The van der Waals surface area contributed by atoms with Crippen LogP contribution >= 0.6 is 0 Å². The van der Waals surface area contributed by atoms with E-state index in [0.29, 0.717) is 0 Å². The van der Waals surface area contributed by atoms with Gasteiger partial charge in [0.1, 0.15) is 11.6 Å². The normalized spacial score (nSPS) is 10.6. The number of aryl methyl sites for hydroxylation is 1. The maximum atomic E-state index is 7.46. The van der Waals surface area contributed by atoms with Crippen molar-refractivity contribution in [1.29, 1.82) is 5.41 Å². The maximum absolute atomic E-state index is 7.46. The van der Waals surface area contributed by atoms with Crippen LogP contribution in [0.2, 0.25) is 0 Å². The molecule has 0 aliphatic rings. The zero-order chi connectivity index (χ0) is 15.5. The second kappa shape index (κ2) is 10.3. The number of nitrogens with two attached hydrogens (primary N) is 1. The Labute approximate surface area is 129 Å². The summed E-state index contributed by atoms with van der Waals surface area (Å²) < 4.78 is 5.82. The summed E-state index contributed by atoms with van der Waals surface area (Å²) in [4.78, 5) is 0. The van der Waals surface area contributed by atoms with Crippen LogP contribution in [0.5, 0.6) is 5.75 Å². The first-order valence-electron chi connectivity index (χ1n) is 8.23. The number of amidine groups is 1. The van der Waals surface area contributed by atoms with E-state index in [2.05, 4.69) is 6.92 Å². The zero-order valence-electron chi connectivity index (χ0n) is 13.6. The first-order valence-corrected chi connectivity index (χ1v) is 8.23. The lowest BCUT2D eigenvalue weighted by Crippen LogP contribution is -2.11. The molecule has 0 saturated heterocycles. The molecule has 21 heavy (non-hydrogen) atoms. The number of unbranched alkanes of at least 4 members (excludes halogenated alkanes) is 7. The second-order valence-electron chi connectivity index (χ2n) is 5.72. The summed E-state index contributed by atoms with van der Waals surface area (Å²) in [6.07, 6.45) is 10.4. The Bertz CT molecular complexity index is 429. The third-order valence-corrected chi connectivity index (χ3v) is 3.75. The highest BCUT2D eigenvalue weighted by molar-refractivity contribution is 5.95. The van der Waals surface area contributed by atoms with Gasteiger partial charge in [0, 0.05) is 5.56 Å². The van der Waals surface area contributed by atoms with Crippen molar-refractivity contribution in [1.82, 2.24) is 0 Å². The minimum atomic E-state index is 0.0897. The topological polar surface area (TPSA) is 59.1 Å². The van der Waals surface area contributed by atoms with Gasteiger partial charge in [0.15, 0.2) is 0 Å². The number of benzene rings is 1. The Kier molecular flexibility index (Phi) is 8.56. The smallest absolute Gasteiger partial charge is 0.122 e. The second-order valence-corrected chi connectivity index (χ2v) is 5.72. The zero-order valence-corrected chi connectivity index (χ0v) is 13.6. The van der Waals surface area contributed by atoms with Crippen LogP contribution in [0, 0.1) is 12.3 Å². The van der Waals surface area contributed by atoms with Crippen LogP contribution in [0.25, 0.3) is 0 Å². The van der Waals surface area contributed by atoms with E-state index in [9.17, 15) is 0 Å². The van der Waals surface area contributed by atoms with E-state index < -0.39 is 0 Å². The fourth-order valence-corrected chi connectivity index (χ4v) is 2.34. The minimum Gasteiger partial charge on any atom is -0.493 e. The summed E-state index contributed by atoms with van der Waals surface area (Å²) >= 11 is 0. The van der Waals surface area contributed by atoms with E-state index in [1.165, 1.54) is 44.9 Å². The van der Waals surface area contributed by atoms with Crippen LogP contribution < -0.4 is 10.5 Å². The van der Waals surface area contributed by atoms with Crippen LogP contribution in [-0.2, 0) is 0 Å². The maximum Gasteiger partial charge on any atom is 0.122 e. The molecule has 0 aliphatic carbocycles. The molecule has 0 radical (unpaired) electrons. The third kappa shape index (κ3) is 7.16. The standard InChI is InChI=1S/C18H30N2O/c1-3-4-5-6-7-8-9-10-13-21-17-14-16(18(19)20)12-11-15(17)2/h11-12,14H,3-10,13H2,1-2H3,(H3,19,20). The molecule has 1 aromatic rings. The van der Waals surface area contributed by atoms with Crippen LogP contribution in [-0.4, -0.2) is 12.4 Å². The lowest BCUT2D eigenvalue weighted by molar-refractivity contribution is 0.302. The molecule has 3 N–H and O–H groups in total. The molecular formula is C18H30N2O. The number of nitrogen functional groups attached to an aromatic ring is 1. The van der Waals surface area contributed by atoms with Gasteiger partial charge in [-0.2, -0.15) is 0 Å². The molecule has 1 rings (SSSR count). The number of nitrogens with one attached hydrogen (secondary N) is 1. The van der Waals surface area contributed by atoms with Crippen molar-refractivity contribution in [2.75, 3.05) is 6.61 Å². The van der Waals surface area contributed by atoms with Gasteiger partial charge in [-0.3, -0.25) is 5.41 Å². The Balaban J connectivity index is 2.18. The van der Waals surface area contributed by atoms with E-state index in [-0.39, 0.29) is 5.84 Å². The predicted octanol–water partition coefficient (Wildman–Crippen LogP) is 4.80. The van der Waals surface area contributed by atoms with Crippen molar-refractivity contribution in [3.05, 3.63) is 29.3 Å². The SMILES string of the molecule is CCCCCCCCCCOc1cc(C(=N)N)ccc1C. The van der Waals surface area contributed by atoms with Crippen molar-refractivity contribution < 1.29 is 4.74 Å². The van der Waals surface area contributed by atoms with Crippen LogP contribution in [0.1, 0.15) is 69.4 Å². The molecule has 118 valence electrons. The molecular weight excluding hydrogens is 260 g/mol. The van der Waals surface area contributed by atoms with Crippen molar-refractivity contribution in [2.45, 2.75) is 65.2 Å². The lowest BCUT2D eigenvalue weighted by atomic mass is 10.1. The van der Waals surface area contributed by atoms with Crippen molar-refractivity contribution in [3.8, 4) is 5.75 Å². The van der Waals surface area contributed by atoms with E-state index in [1.54, 1.807) is 0 Å².